The van der Waals surface area contributed by atoms with Gasteiger partial charge in [-0.2, -0.15) is 5.26 Å². The number of hydrogen-bond donors (Lipinski definition) is 1. The van der Waals surface area contributed by atoms with Gasteiger partial charge in [-0.3, -0.25) is 9.69 Å². The molecule has 0 aromatic rings. The van der Waals surface area contributed by atoms with Crippen LogP contribution in [0.2, 0.25) is 0 Å². The lowest BCUT2D eigenvalue weighted by Gasteiger charge is -2.28. The molecule has 6 heteroatoms. The number of hydrogen-bond acceptors (Lipinski definition) is 4. The summed E-state index contributed by atoms with van der Waals surface area (Å²) in [5.41, 5.74) is -1.27. The van der Waals surface area contributed by atoms with E-state index in [4.69, 9.17) is 10.00 Å². The molecule has 0 aromatic carbocycles. The highest BCUT2D eigenvalue weighted by Crippen LogP contribution is 2.35. The molecule has 1 N–H and O–H groups in total. The molecule has 110 valence electrons. The molecule has 1 aliphatic carbocycles. The molecule has 0 radical (unpaired) electrons. The molecular weight excluding hydrogens is 258 g/mol. The summed E-state index contributed by atoms with van der Waals surface area (Å²) in [4.78, 5) is 25.8. The Hall–Kier alpha value is -1.77. The van der Waals surface area contributed by atoms with E-state index in [9.17, 15) is 9.59 Å². The minimum absolute atomic E-state index is 0.243. The number of nitrogens with one attached hydrogen (secondary N) is 1. The Balaban J connectivity index is 1.98. The molecule has 1 heterocycles. The first-order valence-corrected chi connectivity index (χ1v) is 6.99. The quantitative estimate of drug-likeness (QED) is 0.831. The summed E-state index contributed by atoms with van der Waals surface area (Å²) < 4.78 is 5.32. The molecule has 1 aliphatic heterocycles. The Morgan fingerprint density at radius 2 is 2.05 bits per heavy atom. The zero-order valence-corrected chi connectivity index (χ0v) is 12.2. The van der Waals surface area contributed by atoms with Gasteiger partial charge in [-0.15, -0.1) is 0 Å². The summed E-state index contributed by atoms with van der Waals surface area (Å²) in [6.45, 7) is 5.91. The molecule has 1 unspecified atom stereocenters. The summed E-state index contributed by atoms with van der Waals surface area (Å²) in [6, 6.07) is 1.60. The summed E-state index contributed by atoms with van der Waals surface area (Å²) in [7, 11) is 0. The highest BCUT2D eigenvalue weighted by atomic mass is 16.6. The number of carbonyl (C=O) groups is 2. The lowest BCUT2D eigenvalue weighted by Crippen LogP contribution is -2.50. The first-order valence-electron chi connectivity index (χ1n) is 6.99. The number of carbonyl (C=O) groups excluding carboxylic acids is 2. The molecule has 2 fully saturated rings. The number of amides is 2. The van der Waals surface area contributed by atoms with Crippen molar-refractivity contribution >= 4 is 12.0 Å². The number of nitriles is 1. The van der Waals surface area contributed by atoms with Crippen molar-refractivity contribution in [3.63, 3.8) is 0 Å². The third-order valence-corrected chi connectivity index (χ3v) is 3.51. The summed E-state index contributed by atoms with van der Waals surface area (Å²) in [5.74, 6) is -0.243. The zero-order valence-electron chi connectivity index (χ0n) is 12.2. The smallest absolute Gasteiger partial charge is 0.410 e. The average molecular weight is 279 g/mol. The number of rotatable bonds is 2. The van der Waals surface area contributed by atoms with E-state index < -0.39 is 23.3 Å². The second kappa shape index (κ2) is 4.97. The largest absolute Gasteiger partial charge is 0.444 e. The Morgan fingerprint density at radius 1 is 1.40 bits per heavy atom. The Morgan fingerprint density at radius 3 is 2.55 bits per heavy atom. The van der Waals surface area contributed by atoms with E-state index in [1.807, 2.05) is 0 Å². The molecule has 0 bridgehead atoms. The predicted molar refractivity (Wildman–Crippen MR) is 71.7 cm³/mol. The van der Waals surface area contributed by atoms with Crippen LogP contribution in [0.15, 0.2) is 0 Å². The van der Waals surface area contributed by atoms with Gasteiger partial charge >= 0.3 is 6.09 Å². The maximum Gasteiger partial charge on any atom is 0.410 e. The van der Waals surface area contributed by atoms with Crippen LogP contribution in [0.25, 0.3) is 0 Å². The topological polar surface area (TPSA) is 82.4 Å². The van der Waals surface area contributed by atoms with Crippen molar-refractivity contribution in [3.8, 4) is 6.07 Å². The standard InChI is InChI=1S/C14H21N3O3/c1-13(2,3)20-12(19)17-8-4-5-10(17)11(18)16-14(9-15)6-7-14/h10H,4-8H2,1-3H3,(H,16,18). The van der Waals surface area contributed by atoms with Gasteiger partial charge in [0.05, 0.1) is 6.07 Å². The van der Waals surface area contributed by atoms with Crippen LogP contribution in [-0.4, -0.2) is 40.6 Å². The lowest BCUT2D eigenvalue weighted by molar-refractivity contribution is -0.126. The fourth-order valence-corrected chi connectivity index (χ4v) is 2.29. The van der Waals surface area contributed by atoms with Crippen LogP contribution < -0.4 is 5.32 Å². The minimum Gasteiger partial charge on any atom is -0.444 e. The van der Waals surface area contributed by atoms with E-state index in [1.54, 1.807) is 20.8 Å². The van der Waals surface area contributed by atoms with Crippen LogP contribution in [0, 0.1) is 11.3 Å². The van der Waals surface area contributed by atoms with Crippen molar-refractivity contribution in [2.24, 2.45) is 0 Å². The molecule has 0 aromatic heterocycles. The second-order valence-corrected chi connectivity index (χ2v) is 6.51. The van der Waals surface area contributed by atoms with Gasteiger partial charge in [-0.05, 0) is 46.5 Å². The van der Waals surface area contributed by atoms with Crippen molar-refractivity contribution in [2.75, 3.05) is 6.54 Å². The lowest BCUT2D eigenvalue weighted by atomic mass is 10.2. The third kappa shape index (κ3) is 3.21. The van der Waals surface area contributed by atoms with Gasteiger partial charge in [-0.25, -0.2) is 4.79 Å². The fourth-order valence-electron chi connectivity index (χ4n) is 2.29. The van der Waals surface area contributed by atoms with E-state index in [-0.39, 0.29) is 5.91 Å². The van der Waals surface area contributed by atoms with E-state index in [1.165, 1.54) is 4.90 Å². The molecule has 6 nitrogen and oxygen atoms in total. The van der Waals surface area contributed by atoms with Gasteiger partial charge < -0.3 is 10.1 Å². The van der Waals surface area contributed by atoms with Crippen molar-refractivity contribution in [2.45, 2.75) is 63.6 Å². The van der Waals surface area contributed by atoms with Crippen LogP contribution in [0.3, 0.4) is 0 Å². The normalized spacial score (nSPS) is 23.9. The van der Waals surface area contributed by atoms with Crippen molar-refractivity contribution < 1.29 is 14.3 Å². The van der Waals surface area contributed by atoms with E-state index in [0.717, 1.165) is 6.42 Å². The number of ether oxygens (including phenoxy) is 1. The van der Waals surface area contributed by atoms with Crippen LogP contribution in [0.5, 0.6) is 0 Å². The Labute approximate surface area is 119 Å². The fraction of sp³-hybridized carbons (Fsp3) is 0.786. The van der Waals surface area contributed by atoms with E-state index >= 15 is 0 Å². The molecule has 2 amide bonds. The summed E-state index contributed by atoms with van der Waals surface area (Å²) in [5, 5.41) is 11.8. The van der Waals surface area contributed by atoms with Gasteiger partial charge in [-0.1, -0.05) is 0 Å². The second-order valence-electron chi connectivity index (χ2n) is 6.51. The molecule has 2 rings (SSSR count). The van der Waals surface area contributed by atoms with Gasteiger partial charge in [0.15, 0.2) is 0 Å². The molecule has 2 aliphatic rings. The van der Waals surface area contributed by atoms with Gasteiger partial charge in [0, 0.05) is 6.54 Å². The van der Waals surface area contributed by atoms with Crippen LogP contribution in [-0.2, 0) is 9.53 Å². The van der Waals surface area contributed by atoms with Crippen molar-refractivity contribution in [3.05, 3.63) is 0 Å². The molecular formula is C14H21N3O3. The maximum atomic E-state index is 12.2. The first kappa shape index (κ1) is 14.6. The molecule has 1 atom stereocenters. The number of nitrogens with zero attached hydrogens (tertiary/aromatic N) is 2. The highest BCUT2D eigenvalue weighted by Gasteiger charge is 2.47. The molecule has 1 saturated carbocycles. The minimum atomic E-state index is -0.695. The highest BCUT2D eigenvalue weighted by molar-refractivity contribution is 5.87. The van der Waals surface area contributed by atoms with Crippen molar-refractivity contribution in [1.29, 1.82) is 5.26 Å². The molecule has 20 heavy (non-hydrogen) atoms. The predicted octanol–water partition coefficient (Wildman–Crippen LogP) is 1.56. The first-order chi connectivity index (χ1) is 9.26. The average Bonchev–Trinajstić information content (AvgIpc) is 2.91. The SMILES string of the molecule is CC(C)(C)OC(=O)N1CCCC1C(=O)NC1(C#N)CC1. The number of likely N-dealkylation sites (tertiary alicyclic amines) is 1. The van der Waals surface area contributed by atoms with E-state index in [2.05, 4.69) is 11.4 Å². The monoisotopic (exact) mass is 279 g/mol. The Kier molecular flexibility index (Phi) is 3.63. The van der Waals surface area contributed by atoms with Gasteiger partial charge in [0.2, 0.25) is 5.91 Å². The van der Waals surface area contributed by atoms with Crippen LogP contribution in [0.1, 0.15) is 46.5 Å². The summed E-state index contributed by atoms with van der Waals surface area (Å²) >= 11 is 0. The third-order valence-electron chi connectivity index (χ3n) is 3.51. The van der Waals surface area contributed by atoms with Crippen LogP contribution >= 0.6 is 0 Å². The summed E-state index contributed by atoms with van der Waals surface area (Å²) in [6.07, 6.45) is 2.31. The van der Waals surface area contributed by atoms with Crippen molar-refractivity contribution in [1.82, 2.24) is 10.2 Å². The maximum absolute atomic E-state index is 12.2. The van der Waals surface area contributed by atoms with Gasteiger partial charge in [0.1, 0.15) is 17.2 Å². The van der Waals surface area contributed by atoms with Crippen LogP contribution in [0.4, 0.5) is 4.79 Å². The Bertz CT molecular complexity index is 457. The molecule has 0 spiro atoms. The van der Waals surface area contributed by atoms with E-state index in [0.29, 0.717) is 25.8 Å². The van der Waals surface area contributed by atoms with Gasteiger partial charge in [0.25, 0.3) is 0 Å². The zero-order chi connectivity index (χ0) is 15.0. The molecule has 1 saturated heterocycles.